The number of aliphatic carboxylic acids is 1. The van der Waals surface area contributed by atoms with E-state index in [-0.39, 0.29) is 0 Å². The summed E-state index contributed by atoms with van der Waals surface area (Å²) < 4.78 is 0. The molecule has 0 bridgehead atoms. The van der Waals surface area contributed by atoms with Crippen molar-refractivity contribution in [1.82, 2.24) is 9.88 Å². The van der Waals surface area contributed by atoms with Gasteiger partial charge >= 0.3 is 5.97 Å². The maximum Gasteiger partial charge on any atom is 0.330 e. The van der Waals surface area contributed by atoms with Crippen LogP contribution in [0.15, 0.2) is 42.3 Å². The fourth-order valence-corrected chi connectivity index (χ4v) is 2.01. The third kappa shape index (κ3) is 1.54. The molecule has 1 aromatic heterocycles. The van der Waals surface area contributed by atoms with Gasteiger partial charge in [-0.05, 0) is 24.3 Å². The van der Waals surface area contributed by atoms with Crippen LogP contribution in [0.2, 0.25) is 0 Å². The van der Waals surface area contributed by atoms with E-state index in [9.17, 15) is 4.79 Å². The first-order chi connectivity index (χ1) is 8.25. The van der Waals surface area contributed by atoms with Crippen molar-refractivity contribution in [2.45, 2.75) is 6.04 Å². The lowest BCUT2D eigenvalue weighted by molar-refractivity contribution is -0.139. The zero-order chi connectivity index (χ0) is 11.8. The van der Waals surface area contributed by atoms with E-state index in [1.54, 1.807) is 23.4 Å². The molecule has 4 nitrogen and oxygen atoms in total. The molecule has 2 aliphatic rings. The highest BCUT2D eigenvalue weighted by atomic mass is 16.4. The molecule has 0 aromatic carbocycles. The highest BCUT2D eigenvalue weighted by molar-refractivity contribution is 5.79. The number of fused-ring (bicyclic) bond motifs is 2. The number of carboxylic acid groups (broad SMARTS) is 1. The van der Waals surface area contributed by atoms with Gasteiger partial charge in [-0.3, -0.25) is 4.98 Å². The van der Waals surface area contributed by atoms with Crippen LogP contribution in [0.5, 0.6) is 0 Å². The summed E-state index contributed by atoms with van der Waals surface area (Å²) in [7, 11) is 0. The number of hydrogen-bond acceptors (Lipinski definition) is 3. The van der Waals surface area contributed by atoms with Crippen molar-refractivity contribution >= 4 is 18.2 Å². The number of rotatable bonds is 1. The van der Waals surface area contributed by atoms with Gasteiger partial charge in [-0.15, -0.1) is 0 Å². The van der Waals surface area contributed by atoms with E-state index in [0.29, 0.717) is 0 Å². The summed E-state index contributed by atoms with van der Waals surface area (Å²) in [6.07, 6.45) is 10.8. The Morgan fingerprint density at radius 1 is 1.41 bits per heavy atom. The molecular weight excluding hydrogens is 216 g/mol. The summed E-state index contributed by atoms with van der Waals surface area (Å²) in [5.41, 5.74) is 0.871. The van der Waals surface area contributed by atoms with E-state index in [1.165, 1.54) is 0 Å². The molecule has 3 rings (SSSR count). The van der Waals surface area contributed by atoms with Crippen LogP contribution in [0.1, 0.15) is 0 Å². The van der Waals surface area contributed by atoms with Gasteiger partial charge in [0.15, 0.2) is 0 Å². The van der Waals surface area contributed by atoms with Crippen LogP contribution in [0.25, 0.3) is 12.3 Å². The number of aromatic nitrogens is 1. The van der Waals surface area contributed by atoms with Crippen molar-refractivity contribution in [2.24, 2.45) is 0 Å². The zero-order valence-corrected chi connectivity index (χ0v) is 8.95. The van der Waals surface area contributed by atoms with E-state index in [0.717, 1.165) is 16.3 Å². The summed E-state index contributed by atoms with van der Waals surface area (Å²) in [5, 5.41) is 10.9. The molecule has 1 N–H and O–H groups in total. The predicted octanol–water partition coefficient (Wildman–Crippen LogP) is -0.177. The lowest BCUT2D eigenvalue weighted by Gasteiger charge is -2.19. The van der Waals surface area contributed by atoms with Gasteiger partial charge in [-0.2, -0.15) is 0 Å². The summed E-state index contributed by atoms with van der Waals surface area (Å²) in [4.78, 5) is 17.1. The van der Waals surface area contributed by atoms with Gasteiger partial charge in [0.05, 0.1) is 5.35 Å². The standard InChI is InChI=1S/C13H10N2O2/c16-13(17)12-6-5-10-4-3-9-2-1-7-14-11(9)8-15(10)12/h1-8,12H,(H,16,17). The third-order valence-corrected chi connectivity index (χ3v) is 2.87. The minimum Gasteiger partial charge on any atom is -0.479 e. The second-order valence-electron chi connectivity index (χ2n) is 3.91. The number of nitrogens with zero attached hydrogens (tertiary/aromatic N) is 2. The van der Waals surface area contributed by atoms with E-state index < -0.39 is 12.0 Å². The molecular formula is C13H10N2O2. The lowest BCUT2D eigenvalue weighted by Crippen LogP contribution is -2.35. The molecule has 0 aliphatic carbocycles. The molecule has 17 heavy (non-hydrogen) atoms. The maximum absolute atomic E-state index is 11.1. The SMILES string of the molecule is O=C(O)C1C=CC2=CC=c3cccnc3=CN21. The maximum atomic E-state index is 11.1. The van der Waals surface area contributed by atoms with Crippen LogP contribution in [0.3, 0.4) is 0 Å². The fourth-order valence-electron chi connectivity index (χ4n) is 2.01. The van der Waals surface area contributed by atoms with Crippen molar-refractivity contribution in [3.05, 3.63) is 52.8 Å². The van der Waals surface area contributed by atoms with Crippen molar-refractivity contribution in [3.8, 4) is 0 Å². The topological polar surface area (TPSA) is 53.4 Å². The number of carbonyl (C=O) groups is 1. The molecule has 1 atom stereocenters. The third-order valence-electron chi connectivity index (χ3n) is 2.87. The molecule has 3 heterocycles. The smallest absolute Gasteiger partial charge is 0.330 e. The van der Waals surface area contributed by atoms with E-state index in [4.69, 9.17) is 5.11 Å². The molecule has 2 aliphatic heterocycles. The summed E-state index contributed by atoms with van der Waals surface area (Å²) >= 11 is 0. The highest BCUT2D eigenvalue weighted by Gasteiger charge is 2.27. The van der Waals surface area contributed by atoms with Crippen LogP contribution < -0.4 is 10.6 Å². The monoisotopic (exact) mass is 226 g/mol. The van der Waals surface area contributed by atoms with Crippen molar-refractivity contribution in [2.75, 3.05) is 0 Å². The van der Waals surface area contributed by atoms with Crippen LogP contribution in [-0.4, -0.2) is 27.0 Å². The van der Waals surface area contributed by atoms with Gasteiger partial charge < -0.3 is 10.0 Å². The predicted molar refractivity (Wildman–Crippen MR) is 62.9 cm³/mol. The number of allylic oxidation sites excluding steroid dienone is 2. The first-order valence-electron chi connectivity index (χ1n) is 5.30. The van der Waals surface area contributed by atoms with E-state index in [2.05, 4.69) is 4.98 Å². The average molecular weight is 226 g/mol. The van der Waals surface area contributed by atoms with E-state index in [1.807, 2.05) is 30.4 Å². The Hall–Kier alpha value is -2.36. The van der Waals surface area contributed by atoms with Crippen LogP contribution in [0.4, 0.5) is 0 Å². The van der Waals surface area contributed by atoms with Gasteiger partial charge in [-0.1, -0.05) is 12.1 Å². The molecule has 84 valence electrons. The van der Waals surface area contributed by atoms with Crippen molar-refractivity contribution in [3.63, 3.8) is 0 Å². The lowest BCUT2D eigenvalue weighted by atomic mass is 10.3. The summed E-state index contributed by atoms with van der Waals surface area (Å²) in [6.45, 7) is 0. The fraction of sp³-hybridized carbons (Fsp3) is 0.0769. The second kappa shape index (κ2) is 3.59. The Bertz CT molecular complexity index is 658. The van der Waals surface area contributed by atoms with Crippen LogP contribution >= 0.6 is 0 Å². The van der Waals surface area contributed by atoms with E-state index >= 15 is 0 Å². The Balaban J connectivity index is 2.19. The van der Waals surface area contributed by atoms with Crippen molar-refractivity contribution in [1.29, 1.82) is 0 Å². The van der Waals surface area contributed by atoms with Gasteiger partial charge in [0.2, 0.25) is 0 Å². The Labute approximate surface area is 97.5 Å². The Morgan fingerprint density at radius 3 is 3.12 bits per heavy atom. The van der Waals surface area contributed by atoms with Gasteiger partial charge in [0, 0.05) is 23.3 Å². The van der Waals surface area contributed by atoms with Crippen LogP contribution in [0, 0.1) is 0 Å². The molecule has 1 aromatic rings. The van der Waals surface area contributed by atoms with Gasteiger partial charge in [0.1, 0.15) is 6.04 Å². The van der Waals surface area contributed by atoms with Crippen molar-refractivity contribution < 1.29 is 9.90 Å². The van der Waals surface area contributed by atoms with Crippen LogP contribution in [-0.2, 0) is 4.79 Å². The molecule has 0 saturated carbocycles. The first kappa shape index (κ1) is 9.84. The second-order valence-corrected chi connectivity index (χ2v) is 3.91. The summed E-state index contributed by atoms with van der Waals surface area (Å²) in [6, 6.07) is 3.18. The average Bonchev–Trinajstić information content (AvgIpc) is 2.63. The first-order valence-corrected chi connectivity index (χ1v) is 5.30. The molecule has 0 fully saturated rings. The Kier molecular flexibility index (Phi) is 2.08. The molecule has 0 amide bonds. The molecule has 1 unspecified atom stereocenters. The largest absolute Gasteiger partial charge is 0.479 e. The van der Waals surface area contributed by atoms with Gasteiger partial charge in [0.25, 0.3) is 0 Å². The number of hydrogen-bond donors (Lipinski definition) is 1. The van der Waals surface area contributed by atoms with Gasteiger partial charge in [-0.25, -0.2) is 4.79 Å². The minimum atomic E-state index is -0.861. The number of pyridine rings is 1. The summed E-state index contributed by atoms with van der Waals surface area (Å²) in [5.74, 6) is -0.861. The molecule has 0 radical (unpaired) electrons. The molecule has 4 heteroatoms. The normalized spacial score (nSPS) is 20.6. The highest BCUT2D eigenvalue weighted by Crippen LogP contribution is 2.21. The minimum absolute atomic E-state index is 0.636. The Morgan fingerprint density at radius 2 is 2.29 bits per heavy atom. The quantitative estimate of drug-likeness (QED) is 0.722. The molecule has 0 spiro atoms. The zero-order valence-electron chi connectivity index (χ0n) is 8.95. The number of carboxylic acids is 1. The molecule has 0 saturated heterocycles.